The lowest BCUT2D eigenvalue weighted by Gasteiger charge is -2.40. The number of hydrogen-bond donors (Lipinski definition) is 1. The number of carbonyl (C=O) groups is 3. The van der Waals surface area contributed by atoms with Crippen LogP contribution >= 0.6 is 0 Å². The number of aliphatic carboxylic acids is 1. The molecule has 3 aliphatic rings. The third kappa shape index (κ3) is 3.42. The van der Waals surface area contributed by atoms with Gasteiger partial charge in [-0.1, -0.05) is 6.92 Å². The highest BCUT2D eigenvalue weighted by Gasteiger charge is 2.44. The second-order valence-electron chi connectivity index (χ2n) is 7.76. The zero-order valence-corrected chi connectivity index (χ0v) is 14.4. The van der Waals surface area contributed by atoms with E-state index >= 15 is 0 Å². The average molecular weight is 336 g/mol. The minimum Gasteiger partial charge on any atom is -0.481 e. The van der Waals surface area contributed by atoms with E-state index in [2.05, 4.69) is 6.92 Å². The van der Waals surface area contributed by atoms with E-state index in [-0.39, 0.29) is 23.7 Å². The van der Waals surface area contributed by atoms with Crippen LogP contribution in [0.15, 0.2) is 0 Å². The van der Waals surface area contributed by atoms with E-state index in [4.69, 9.17) is 5.11 Å². The van der Waals surface area contributed by atoms with Crippen molar-refractivity contribution >= 4 is 17.8 Å². The van der Waals surface area contributed by atoms with Gasteiger partial charge in [-0.2, -0.15) is 0 Å². The van der Waals surface area contributed by atoms with Gasteiger partial charge in [-0.3, -0.25) is 14.4 Å². The molecule has 0 aromatic heterocycles. The molecule has 3 fully saturated rings. The van der Waals surface area contributed by atoms with Gasteiger partial charge >= 0.3 is 5.97 Å². The Balaban J connectivity index is 1.49. The molecular formula is C18H28N2O4. The van der Waals surface area contributed by atoms with Crippen molar-refractivity contribution in [3.63, 3.8) is 0 Å². The van der Waals surface area contributed by atoms with E-state index in [1.165, 1.54) is 6.42 Å². The summed E-state index contributed by atoms with van der Waals surface area (Å²) in [5.41, 5.74) is 0. The van der Waals surface area contributed by atoms with Crippen molar-refractivity contribution in [2.75, 3.05) is 26.2 Å². The normalized spacial score (nSPS) is 31.5. The third-order valence-corrected chi connectivity index (χ3v) is 6.03. The van der Waals surface area contributed by atoms with Gasteiger partial charge in [0, 0.05) is 32.1 Å². The first-order valence-electron chi connectivity index (χ1n) is 9.27. The molecule has 0 aromatic rings. The molecule has 1 saturated carbocycles. The molecule has 0 bridgehead atoms. The summed E-state index contributed by atoms with van der Waals surface area (Å²) in [6.07, 6.45) is 4.99. The molecule has 2 saturated heterocycles. The second kappa shape index (κ2) is 7.11. The lowest BCUT2D eigenvalue weighted by molar-refractivity contribution is -0.157. The number of nitrogens with zero attached hydrogens (tertiary/aromatic N) is 2. The standard InChI is InChI=1S/C18H28N2O4/c1-12-3-2-8-20(11-12)16(21)13-6-9-19(10-7-13)17(22)14-4-5-15(14)18(23)24/h12-15H,2-11H2,1H3,(H,23,24). The zero-order valence-electron chi connectivity index (χ0n) is 14.4. The molecule has 0 radical (unpaired) electrons. The number of carbonyl (C=O) groups excluding carboxylic acids is 2. The van der Waals surface area contributed by atoms with E-state index in [1.807, 2.05) is 4.90 Å². The van der Waals surface area contributed by atoms with Crippen LogP contribution < -0.4 is 0 Å². The number of carboxylic acid groups (broad SMARTS) is 1. The van der Waals surface area contributed by atoms with Crippen LogP contribution in [-0.2, 0) is 14.4 Å². The topological polar surface area (TPSA) is 77.9 Å². The van der Waals surface area contributed by atoms with Crippen LogP contribution in [-0.4, -0.2) is 58.9 Å². The molecule has 24 heavy (non-hydrogen) atoms. The van der Waals surface area contributed by atoms with Crippen LogP contribution in [0.2, 0.25) is 0 Å². The van der Waals surface area contributed by atoms with Gasteiger partial charge in [0.2, 0.25) is 11.8 Å². The molecule has 0 aromatic carbocycles. The molecule has 1 aliphatic carbocycles. The highest BCUT2D eigenvalue weighted by Crippen LogP contribution is 2.36. The van der Waals surface area contributed by atoms with Crippen molar-refractivity contribution in [3.05, 3.63) is 0 Å². The van der Waals surface area contributed by atoms with Crippen LogP contribution in [0.25, 0.3) is 0 Å². The molecule has 2 heterocycles. The molecule has 3 rings (SSSR count). The van der Waals surface area contributed by atoms with Gasteiger partial charge in [0.15, 0.2) is 0 Å². The van der Waals surface area contributed by atoms with Crippen molar-refractivity contribution in [2.45, 2.75) is 45.4 Å². The largest absolute Gasteiger partial charge is 0.481 e. The molecule has 1 N–H and O–H groups in total. The van der Waals surface area contributed by atoms with Crippen molar-refractivity contribution in [3.8, 4) is 0 Å². The van der Waals surface area contributed by atoms with Crippen LogP contribution in [0.1, 0.15) is 45.4 Å². The maximum absolute atomic E-state index is 12.7. The summed E-state index contributed by atoms with van der Waals surface area (Å²) in [7, 11) is 0. The molecule has 2 aliphatic heterocycles. The summed E-state index contributed by atoms with van der Waals surface area (Å²) >= 11 is 0. The maximum atomic E-state index is 12.7. The molecule has 2 amide bonds. The molecule has 0 spiro atoms. The quantitative estimate of drug-likeness (QED) is 0.849. The van der Waals surface area contributed by atoms with Gasteiger partial charge in [0.1, 0.15) is 0 Å². The highest BCUT2D eigenvalue weighted by molar-refractivity contribution is 5.86. The second-order valence-corrected chi connectivity index (χ2v) is 7.76. The first-order chi connectivity index (χ1) is 11.5. The summed E-state index contributed by atoms with van der Waals surface area (Å²) in [5.74, 6) is -0.882. The van der Waals surface area contributed by atoms with E-state index in [1.54, 1.807) is 4.90 Å². The number of hydrogen-bond acceptors (Lipinski definition) is 3. The number of amides is 2. The molecule has 6 heteroatoms. The predicted octanol–water partition coefficient (Wildman–Crippen LogP) is 1.59. The lowest BCUT2D eigenvalue weighted by atomic mass is 9.72. The lowest BCUT2D eigenvalue weighted by Crippen LogP contribution is -2.50. The van der Waals surface area contributed by atoms with Gasteiger partial charge in [-0.05, 0) is 44.4 Å². The predicted molar refractivity (Wildman–Crippen MR) is 88.1 cm³/mol. The molecule has 134 valence electrons. The van der Waals surface area contributed by atoms with E-state index in [0.717, 1.165) is 19.5 Å². The summed E-state index contributed by atoms with van der Waals surface area (Å²) < 4.78 is 0. The van der Waals surface area contributed by atoms with Crippen LogP contribution in [0.3, 0.4) is 0 Å². The summed E-state index contributed by atoms with van der Waals surface area (Å²) in [6.45, 7) is 5.09. The Bertz CT molecular complexity index is 513. The Labute approximate surface area is 143 Å². The van der Waals surface area contributed by atoms with Crippen LogP contribution in [0.5, 0.6) is 0 Å². The Morgan fingerprint density at radius 2 is 1.50 bits per heavy atom. The van der Waals surface area contributed by atoms with Gasteiger partial charge in [0.05, 0.1) is 11.8 Å². The monoisotopic (exact) mass is 336 g/mol. The maximum Gasteiger partial charge on any atom is 0.307 e. The van der Waals surface area contributed by atoms with Crippen molar-refractivity contribution in [1.29, 1.82) is 0 Å². The van der Waals surface area contributed by atoms with Crippen LogP contribution in [0, 0.1) is 23.7 Å². The number of piperidine rings is 2. The fraction of sp³-hybridized carbons (Fsp3) is 0.833. The summed E-state index contributed by atoms with van der Waals surface area (Å²) in [6, 6.07) is 0. The smallest absolute Gasteiger partial charge is 0.307 e. The van der Waals surface area contributed by atoms with Crippen LogP contribution in [0.4, 0.5) is 0 Å². The first-order valence-corrected chi connectivity index (χ1v) is 9.27. The summed E-state index contributed by atoms with van der Waals surface area (Å²) in [5, 5.41) is 9.11. The third-order valence-electron chi connectivity index (χ3n) is 6.03. The Kier molecular flexibility index (Phi) is 5.11. The first kappa shape index (κ1) is 17.2. The number of carboxylic acids is 1. The highest BCUT2D eigenvalue weighted by atomic mass is 16.4. The van der Waals surface area contributed by atoms with Gasteiger partial charge < -0.3 is 14.9 Å². The Morgan fingerprint density at radius 3 is 2.04 bits per heavy atom. The minimum absolute atomic E-state index is 0.0221. The fourth-order valence-electron chi connectivity index (χ4n) is 4.32. The fourth-order valence-corrected chi connectivity index (χ4v) is 4.32. The van der Waals surface area contributed by atoms with Gasteiger partial charge in [-0.25, -0.2) is 0 Å². The molecule has 3 atom stereocenters. The summed E-state index contributed by atoms with van der Waals surface area (Å²) in [4.78, 5) is 40.0. The Morgan fingerprint density at radius 1 is 0.833 bits per heavy atom. The van der Waals surface area contributed by atoms with E-state index in [9.17, 15) is 14.4 Å². The number of rotatable bonds is 3. The zero-order chi connectivity index (χ0) is 17.3. The van der Waals surface area contributed by atoms with Crippen molar-refractivity contribution in [2.24, 2.45) is 23.7 Å². The van der Waals surface area contributed by atoms with Gasteiger partial charge in [0.25, 0.3) is 0 Å². The van der Waals surface area contributed by atoms with Crippen molar-refractivity contribution < 1.29 is 19.5 Å². The van der Waals surface area contributed by atoms with E-state index < -0.39 is 11.9 Å². The van der Waals surface area contributed by atoms with Gasteiger partial charge in [-0.15, -0.1) is 0 Å². The van der Waals surface area contributed by atoms with Crippen molar-refractivity contribution in [1.82, 2.24) is 9.80 Å². The Hall–Kier alpha value is -1.59. The van der Waals surface area contributed by atoms with E-state index in [0.29, 0.717) is 44.7 Å². The molecule has 3 unspecified atom stereocenters. The number of likely N-dealkylation sites (tertiary alicyclic amines) is 2. The SMILES string of the molecule is CC1CCCN(C(=O)C2CCN(C(=O)C3CCC3C(=O)O)CC2)C1. The molecular weight excluding hydrogens is 308 g/mol. The molecule has 6 nitrogen and oxygen atoms in total. The average Bonchev–Trinajstić information content (AvgIpc) is 2.52. The minimum atomic E-state index is -0.858.